The lowest BCUT2D eigenvalue weighted by Gasteiger charge is -2.08. The molecule has 0 unspecified atom stereocenters. The van der Waals surface area contributed by atoms with E-state index in [2.05, 4.69) is 16.2 Å². The van der Waals surface area contributed by atoms with Gasteiger partial charge in [-0.05, 0) is 23.3 Å². The van der Waals surface area contributed by atoms with Crippen LogP contribution in [0, 0.1) is 0 Å². The Labute approximate surface area is 144 Å². The lowest BCUT2D eigenvalue weighted by Crippen LogP contribution is -2.48. The number of nitrogens with one attached hydrogen (secondary N) is 3. The Morgan fingerprint density at radius 2 is 1.46 bits per heavy atom. The van der Waals surface area contributed by atoms with E-state index in [-0.39, 0.29) is 13.0 Å². The molecule has 0 fully saturated rings. The summed E-state index contributed by atoms with van der Waals surface area (Å²) in [5.41, 5.74) is 5.87. The highest BCUT2D eigenvalue weighted by Gasteiger charge is 2.14. The number of hydrogen-bond donors (Lipinski definition) is 3. The summed E-state index contributed by atoms with van der Waals surface area (Å²) in [4.78, 5) is 35.0. The van der Waals surface area contributed by atoms with E-state index in [9.17, 15) is 14.4 Å². The van der Waals surface area contributed by atoms with Gasteiger partial charge in [0, 0.05) is 11.6 Å². The average Bonchev–Trinajstić information content (AvgIpc) is 2.60. The smallest absolute Gasteiger partial charge is 0.327 e. The monoisotopic (exact) mass is 345 g/mol. The van der Waals surface area contributed by atoms with Crippen LogP contribution in [-0.2, 0) is 27.3 Å². The van der Waals surface area contributed by atoms with Crippen molar-refractivity contribution in [1.82, 2.24) is 16.2 Å². The fourth-order valence-corrected chi connectivity index (χ4v) is 2.00. The van der Waals surface area contributed by atoms with Gasteiger partial charge in [-0.15, -0.1) is 0 Å². The Kier molecular flexibility index (Phi) is 6.33. The maximum Gasteiger partial charge on any atom is 0.327 e. The number of amides is 3. The molecule has 0 aliphatic heterocycles. The SMILES string of the molecule is O=C(Cc1ccc(Cl)cc1)NNC(=O)C(=O)NCc1ccccc1. The average molecular weight is 346 g/mol. The molecular weight excluding hydrogens is 330 g/mol. The second kappa shape index (κ2) is 8.69. The predicted octanol–water partition coefficient (Wildman–Crippen LogP) is 1.35. The van der Waals surface area contributed by atoms with Crippen molar-refractivity contribution in [2.75, 3.05) is 0 Å². The van der Waals surface area contributed by atoms with Crippen LogP contribution >= 0.6 is 11.6 Å². The zero-order chi connectivity index (χ0) is 17.4. The molecular formula is C17H16ClN3O3. The first kappa shape index (κ1) is 17.5. The first-order valence-corrected chi connectivity index (χ1v) is 7.58. The highest BCUT2D eigenvalue weighted by Crippen LogP contribution is 2.09. The van der Waals surface area contributed by atoms with Crippen molar-refractivity contribution >= 4 is 29.3 Å². The molecule has 0 atom stereocenters. The third-order valence-electron chi connectivity index (χ3n) is 3.10. The second-order valence-corrected chi connectivity index (χ2v) is 5.41. The van der Waals surface area contributed by atoms with Gasteiger partial charge in [0.2, 0.25) is 5.91 Å². The van der Waals surface area contributed by atoms with E-state index in [0.29, 0.717) is 5.02 Å². The van der Waals surface area contributed by atoms with E-state index >= 15 is 0 Å². The Bertz CT molecular complexity index is 718. The van der Waals surface area contributed by atoms with Gasteiger partial charge in [0.15, 0.2) is 0 Å². The van der Waals surface area contributed by atoms with Crippen molar-refractivity contribution < 1.29 is 14.4 Å². The summed E-state index contributed by atoms with van der Waals surface area (Å²) in [6.45, 7) is 0.228. The quantitative estimate of drug-likeness (QED) is 0.577. The standard InChI is InChI=1S/C17H16ClN3O3/c18-14-8-6-12(7-9-14)10-15(22)20-21-17(24)16(23)19-11-13-4-2-1-3-5-13/h1-9H,10-11H2,(H,19,23)(H,20,22)(H,21,24). The zero-order valence-electron chi connectivity index (χ0n) is 12.7. The molecule has 124 valence electrons. The van der Waals surface area contributed by atoms with Crippen LogP contribution in [-0.4, -0.2) is 17.7 Å². The molecule has 3 N–H and O–H groups in total. The van der Waals surface area contributed by atoms with Gasteiger partial charge in [-0.2, -0.15) is 0 Å². The van der Waals surface area contributed by atoms with Crippen molar-refractivity contribution in [2.24, 2.45) is 0 Å². The van der Waals surface area contributed by atoms with Crippen LogP contribution in [0.3, 0.4) is 0 Å². The van der Waals surface area contributed by atoms with Gasteiger partial charge in [0.25, 0.3) is 0 Å². The molecule has 0 aliphatic carbocycles. The fourth-order valence-electron chi connectivity index (χ4n) is 1.87. The lowest BCUT2D eigenvalue weighted by atomic mass is 10.1. The van der Waals surface area contributed by atoms with Gasteiger partial charge in [0.05, 0.1) is 6.42 Å². The molecule has 0 spiro atoms. The van der Waals surface area contributed by atoms with Crippen molar-refractivity contribution in [3.05, 3.63) is 70.7 Å². The van der Waals surface area contributed by atoms with Crippen LogP contribution in [0.25, 0.3) is 0 Å². The summed E-state index contributed by atoms with van der Waals surface area (Å²) < 4.78 is 0. The van der Waals surface area contributed by atoms with E-state index in [4.69, 9.17) is 11.6 Å². The Morgan fingerprint density at radius 1 is 0.792 bits per heavy atom. The van der Waals surface area contributed by atoms with Crippen molar-refractivity contribution in [3.8, 4) is 0 Å². The molecule has 0 bridgehead atoms. The maximum absolute atomic E-state index is 11.7. The van der Waals surface area contributed by atoms with Crippen LogP contribution in [0.2, 0.25) is 5.02 Å². The Hall–Kier alpha value is -2.86. The number of carbonyl (C=O) groups excluding carboxylic acids is 3. The minimum atomic E-state index is -0.935. The minimum Gasteiger partial charge on any atom is -0.344 e. The Morgan fingerprint density at radius 3 is 2.12 bits per heavy atom. The summed E-state index contributed by atoms with van der Waals surface area (Å²) in [7, 11) is 0. The van der Waals surface area contributed by atoms with E-state index in [1.807, 2.05) is 30.3 Å². The fraction of sp³-hybridized carbons (Fsp3) is 0.118. The van der Waals surface area contributed by atoms with Gasteiger partial charge in [-0.3, -0.25) is 25.2 Å². The number of halogens is 1. The van der Waals surface area contributed by atoms with Gasteiger partial charge >= 0.3 is 11.8 Å². The van der Waals surface area contributed by atoms with Crippen LogP contribution in [0.15, 0.2) is 54.6 Å². The molecule has 24 heavy (non-hydrogen) atoms. The molecule has 0 aromatic heterocycles. The molecule has 0 saturated heterocycles. The third kappa shape index (κ3) is 5.73. The molecule has 2 aromatic carbocycles. The van der Waals surface area contributed by atoms with Crippen LogP contribution in [0.1, 0.15) is 11.1 Å². The lowest BCUT2D eigenvalue weighted by molar-refractivity contribution is -0.140. The summed E-state index contributed by atoms with van der Waals surface area (Å²) >= 11 is 5.76. The van der Waals surface area contributed by atoms with Crippen molar-refractivity contribution in [2.45, 2.75) is 13.0 Å². The van der Waals surface area contributed by atoms with E-state index in [1.54, 1.807) is 24.3 Å². The molecule has 0 saturated carbocycles. The summed E-state index contributed by atoms with van der Waals surface area (Å²) in [5.74, 6) is -2.21. The summed E-state index contributed by atoms with van der Waals surface area (Å²) in [5, 5.41) is 3.03. The summed E-state index contributed by atoms with van der Waals surface area (Å²) in [6, 6.07) is 15.9. The number of rotatable bonds is 4. The first-order valence-electron chi connectivity index (χ1n) is 7.20. The van der Waals surface area contributed by atoms with Crippen molar-refractivity contribution in [3.63, 3.8) is 0 Å². The summed E-state index contributed by atoms with van der Waals surface area (Å²) in [6.07, 6.45) is 0.0586. The van der Waals surface area contributed by atoms with Crippen LogP contribution < -0.4 is 16.2 Å². The number of hydrogen-bond acceptors (Lipinski definition) is 3. The highest BCUT2D eigenvalue weighted by molar-refractivity contribution is 6.35. The molecule has 7 heteroatoms. The number of hydrazine groups is 1. The van der Waals surface area contributed by atoms with E-state index in [1.165, 1.54) is 0 Å². The normalized spacial score (nSPS) is 9.88. The number of carbonyl (C=O) groups is 3. The maximum atomic E-state index is 11.7. The molecule has 2 aromatic rings. The molecule has 0 aliphatic rings. The van der Waals surface area contributed by atoms with E-state index < -0.39 is 17.7 Å². The molecule has 3 amide bonds. The molecule has 2 rings (SSSR count). The predicted molar refractivity (Wildman–Crippen MR) is 89.7 cm³/mol. The minimum absolute atomic E-state index is 0.0586. The number of benzene rings is 2. The first-order chi connectivity index (χ1) is 11.5. The molecule has 0 heterocycles. The third-order valence-corrected chi connectivity index (χ3v) is 3.35. The van der Waals surface area contributed by atoms with Crippen LogP contribution in [0.5, 0.6) is 0 Å². The molecule has 0 radical (unpaired) electrons. The topological polar surface area (TPSA) is 87.3 Å². The Balaban J connectivity index is 1.72. The largest absolute Gasteiger partial charge is 0.344 e. The van der Waals surface area contributed by atoms with Crippen molar-refractivity contribution in [1.29, 1.82) is 0 Å². The van der Waals surface area contributed by atoms with Gasteiger partial charge in [-0.1, -0.05) is 54.1 Å². The second-order valence-electron chi connectivity index (χ2n) is 4.97. The molecule has 6 nitrogen and oxygen atoms in total. The van der Waals surface area contributed by atoms with Gasteiger partial charge in [-0.25, -0.2) is 0 Å². The zero-order valence-corrected chi connectivity index (χ0v) is 13.5. The van der Waals surface area contributed by atoms with Crippen LogP contribution in [0.4, 0.5) is 0 Å². The van der Waals surface area contributed by atoms with Gasteiger partial charge < -0.3 is 5.32 Å². The van der Waals surface area contributed by atoms with E-state index in [0.717, 1.165) is 11.1 Å². The highest BCUT2D eigenvalue weighted by atomic mass is 35.5. The van der Waals surface area contributed by atoms with Gasteiger partial charge in [0.1, 0.15) is 0 Å².